The van der Waals surface area contributed by atoms with Gasteiger partial charge in [-0.2, -0.15) is 0 Å². The van der Waals surface area contributed by atoms with E-state index in [2.05, 4.69) is 20.9 Å². The van der Waals surface area contributed by atoms with Crippen molar-refractivity contribution in [1.29, 1.82) is 0 Å². The van der Waals surface area contributed by atoms with E-state index >= 15 is 0 Å². The molecule has 0 radical (unpaired) electrons. The number of ketones is 1. The summed E-state index contributed by atoms with van der Waals surface area (Å²) in [5, 5.41) is 9.97. The van der Waals surface area contributed by atoms with Crippen LogP contribution in [-0.4, -0.2) is 43.4 Å². The summed E-state index contributed by atoms with van der Waals surface area (Å²) in [4.78, 5) is 44.3. The van der Waals surface area contributed by atoms with Crippen molar-refractivity contribution in [2.75, 3.05) is 0 Å². The standard InChI is InChI=1S/C29H23BrFN3O5/c30-20-11-12-21(22(31)13-20)26(35)27-32-23-14-24(28(36)39-17-19-9-5-2-6-10-19)34(29(37)38)16-25(23)33(27)15-18-7-3-1-4-8-18/h1-13,24H,14-17H2,(H,37,38)/t24-/m0/s1. The van der Waals surface area contributed by atoms with Crippen LogP contribution in [0.1, 0.15) is 38.7 Å². The normalized spacial score (nSPS) is 14.5. The highest BCUT2D eigenvalue weighted by molar-refractivity contribution is 9.10. The molecule has 0 aliphatic carbocycles. The predicted molar refractivity (Wildman–Crippen MR) is 143 cm³/mol. The molecule has 10 heteroatoms. The molecule has 8 nitrogen and oxygen atoms in total. The third kappa shape index (κ3) is 5.61. The SMILES string of the molecule is O=C(c1ccc(Br)cc1F)c1nc2c(n1Cc1ccccc1)CN(C(=O)O)[C@H](C(=O)OCc1ccccc1)C2. The van der Waals surface area contributed by atoms with Gasteiger partial charge in [0.2, 0.25) is 5.78 Å². The Labute approximate surface area is 231 Å². The second-order valence-corrected chi connectivity index (χ2v) is 9.99. The van der Waals surface area contributed by atoms with Crippen LogP contribution in [0, 0.1) is 5.82 Å². The van der Waals surface area contributed by atoms with Crippen LogP contribution in [0.15, 0.2) is 83.3 Å². The molecule has 1 amide bonds. The Bertz CT molecular complexity index is 1540. The van der Waals surface area contributed by atoms with Crippen molar-refractivity contribution >= 4 is 33.8 Å². The summed E-state index contributed by atoms with van der Waals surface area (Å²) in [6.45, 7) is 0.0101. The zero-order valence-electron chi connectivity index (χ0n) is 20.6. The Balaban J connectivity index is 1.51. The first-order valence-electron chi connectivity index (χ1n) is 12.1. The number of amides is 1. The molecule has 1 atom stereocenters. The van der Waals surface area contributed by atoms with Crippen LogP contribution >= 0.6 is 15.9 Å². The number of halogens is 2. The molecule has 198 valence electrons. The molecule has 0 saturated carbocycles. The summed E-state index contributed by atoms with van der Waals surface area (Å²) in [5.41, 5.74) is 2.30. The first kappa shape index (κ1) is 26.3. The lowest BCUT2D eigenvalue weighted by molar-refractivity contribution is -0.151. The molecule has 2 heterocycles. The van der Waals surface area contributed by atoms with Crippen molar-refractivity contribution in [2.45, 2.75) is 32.2 Å². The maximum atomic E-state index is 14.8. The van der Waals surface area contributed by atoms with E-state index in [1.807, 2.05) is 48.5 Å². The van der Waals surface area contributed by atoms with E-state index in [1.165, 1.54) is 12.1 Å². The summed E-state index contributed by atoms with van der Waals surface area (Å²) >= 11 is 3.20. The van der Waals surface area contributed by atoms with Crippen LogP contribution in [0.4, 0.5) is 9.18 Å². The number of carbonyl (C=O) groups is 3. The van der Waals surface area contributed by atoms with Gasteiger partial charge in [0.1, 0.15) is 18.5 Å². The Morgan fingerprint density at radius 2 is 1.67 bits per heavy atom. The second kappa shape index (κ2) is 11.2. The molecule has 5 rings (SSSR count). The second-order valence-electron chi connectivity index (χ2n) is 9.08. The van der Waals surface area contributed by atoms with E-state index in [4.69, 9.17) is 4.74 Å². The largest absolute Gasteiger partial charge is 0.465 e. The van der Waals surface area contributed by atoms with E-state index in [0.29, 0.717) is 15.9 Å². The third-order valence-corrected chi connectivity index (χ3v) is 7.04. The molecule has 1 N–H and O–H groups in total. The minimum atomic E-state index is -1.30. The summed E-state index contributed by atoms with van der Waals surface area (Å²) in [7, 11) is 0. The number of benzene rings is 3. The fourth-order valence-corrected chi connectivity index (χ4v) is 4.91. The number of aromatic nitrogens is 2. The van der Waals surface area contributed by atoms with E-state index in [-0.39, 0.29) is 37.5 Å². The lowest BCUT2D eigenvalue weighted by Gasteiger charge is -2.32. The van der Waals surface area contributed by atoms with Gasteiger partial charge >= 0.3 is 12.1 Å². The number of esters is 1. The first-order valence-corrected chi connectivity index (χ1v) is 12.9. The van der Waals surface area contributed by atoms with Gasteiger partial charge in [0, 0.05) is 17.4 Å². The maximum absolute atomic E-state index is 14.8. The monoisotopic (exact) mass is 591 g/mol. The molecule has 4 aromatic rings. The van der Waals surface area contributed by atoms with Gasteiger partial charge in [0.05, 0.1) is 23.5 Å². The minimum absolute atomic E-state index is 0.00842. The molecule has 0 fully saturated rings. The average Bonchev–Trinajstić information content (AvgIpc) is 3.29. The van der Waals surface area contributed by atoms with Gasteiger partial charge < -0.3 is 14.4 Å². The van der Waals surface area contributed by atoms with Crippen molar-refractivity contribution in [3.63, 3.8) is 0 Å². The molecule has 0 saturated heterocycles. The lowest BCUT2D eigenvalue weighted by Crippen LogP contribution is -2.49. The highest BCUT2D eigenvalue weighted by atomic mass is 79.9. The van der Waals surface area contributed by atoms with Crippen LogP contribution < -0.4 is 0 Å². The number of carbonyl (C=O) groups excluding carboxylic acids is 2. The summed E-state index contributed by atoms with van der Waals surface area (Å²) < 4.78 is 22.3. The van der Waals surface area contributed by atoms with Crippen LogP contribution in [-0.2, 0) is 35.6 Å². The van der Waals surface area contributed by atoms with E-state index in [0.717, 1.165) is 16.0 Å². The molecule has 0 unspecified atom stereocenters. The number of carboxylic acid groups (broad SMARTS) is 1. The van der Waals surface area contributed by atoms with Crippen molar-refractivity contribution in [1.82, 2.24) is 14.5 Å². The van der Waals surface area contributed by atoms with Crippen molar-refractivity contribution in [2.24, 2.45) is 0 Å². The highest BCUT2D eigenvalue weighted by Crippen LogP contribution is 2.28. The molecular formula is C29H23BrFN3O5. The number of hydrogen-bond donors (Lipinski definition) is 1. The molecule has 1 aliphatic rings. The van der Waals surface area contributed by atoms with Gasteiger partial charge in [-0.25, -0.2) is 19.0 Å². The number of hydrogen-bond acceptors (Lipinski definition) is 5. The zero-order valence-corrected chi connectivity index (χ0v) is 22.2. The fourth-order valence-electron chi connectivity index (χ4n) is 4.58. The Morgan fingerprint density at radius 3 is 2.31 bits per heavy atom. The molecule has 39 heavy (non-hydrogen) atoms. The van der Waals surface area contributed by atoms with Crippen LogP contribution in [0.2, 0.25) is 0 Å². The summed E-state index contributed by atoms with van der Waals surface area (Å²) in [6, 6.07) is 21.3. The molecule has 0 bridgehead atoms. The van der Waals surface area contributed by atoms with E-state index in [1.54, 1.807) is 22.8 Å². The lowest BCUT2D eigenvalue weighted by atomic mass is 10.0. The summed E-state index contributed by atoms with van der Waals surface area (Å²) in [6.07, 6.45) is -1.39. The Hall–Kier alpha value is -4.31. The maximum Gasteiger partial charge on any atom is 0.408 e. The number of fused-ring (bicyclic) bond motifs is 1. The van der Waals surface area contributed by atoms with Gasteiger partial charge in [-0.1, -0.05) is 76.6 Å². The molecule has 3 aromatic carbocycles. The van der Waals surface area contributed by atoms with E-state index < -0.39 is 29.7 Å². The molecule has 0 spiro atoms. The van der Waals surface area contributed by atoms with Gasteiger partial charge in [0.15, 0.2) is 5.82 Å². The van der Waals surface area contributed by atoms with Crippen LogP contribution in [0.25, 0.3) is 0 Å². The van der Waals surface area contributed by atoms with Gasteiger partial charge in [0.25, 0.3) is 0 Å². The zero-order chi connectivity index (χ0) is 27.5. The first-order chi connectivity index (χ1) is 18.8. The van der Waals surface area contributed by atoms with Crippen molar-refractivity contribution in [3.8, 4) is 0 Å². The average molecular weight is 592 g/mol. The number of nitrogens with zero attached hydrogens (tertiary/aromatic N) is 3. The number of rotatable bonds is 7. The Kier molecular flexibility index (Phi) is 7.56. The predicted octanol–water partition coefficient (Wildman–Crippen LogP) is 5.21. The van der Waals surface area contributed by atoms with Crippen molar-refractivity contribution < 1.29 is 28.6 Å². The number of ether oxygens (including phenoxy) is 1. The van der Waals surface area contributed by atoms with Crippen LogP contribution in [0.5, 0.6) is 0 Å². The van der Waals surface area contributed by atoms with E-state index in [9.17, 15) is 23.9 Å². The smallest absolute Gasteiger partial charge is 0.408 e. The highest BCUT2D eigenvalue weighted by Gasteiger charge is 2.40. The number of imidazole rings is 1. The quantitative estimate of drug-likeness (QED) is 0.234. The summed E-state index contributed by atoms with van der Waals surface area (Å²) in [5.74, 6) is -2.10. The third-order valence-electron chi connectivity index (χ3n) is 6.54. The van der Waals surface area contributed by atoms with Gasteiger partial charge in [-0.3, -0.25) is 9.69 Å². The minimum Gasteiger partial charge on any atom is -0.465 e. The molecular weight excluding hydrogens is 569 g/mol. The topological polar surface area (TPSA) is 102 Å². The van der Waals surface area contributed by atoms with Crippen molar-refractivity contribution in [3.05, 3.63) is 123 Å². The van der Waals surface area contributed by atoms with Gasteiger partial charge in [-0.15, -0.1) is 0 Å². The van der Waals surface area contributed by atoms with Gasteiger partial charge in [-0.05, 0) is 29.3 Å². The molecule has 1 aliphatic heterocycles. The van der Waals surface area contributed by atoms with Crippen LogP contribution in [0.3, 0.4) is 0 Å². The fraction of sp³-hybridized carbons (Fsp3) is 0.172. The molecule has 1 aromatic heterocycles. The Morgan fingerprint density at radius 1 is 1.00 bits per heavy atom.